The lowest BCUT2D eigenvalue weighted by molar-refractivity contribution is 0.0474. The van der Waals surface area contributed by atoms with Gasteiger partial charge in [0, 0.05) is 0 Å². The van der Waals surface area contributed by atoms with Gasteiger partial charge in [-0.1, -0.05) is 5.59 Å². The molecule has 0 aromatic heterocycles. The quantitative estimate of drug-likeness (QED) is 0.401. The second-order valence-electron chi connectivity index (χ2n) is 1.08. The summed E-state index contributed by atoms with van der Waals surface area (Å²) in [6.45, 7) is 0. The standard InChI is InChI=1S/C3H5ClN2O/c4-3-6-1-2-7-5-6/h1-2,5H,3H2. The minimum atomic E-state index is 0.399. The number of rotatable bonds is 1. The third-order valence-electron chi connectivity index (χ3n) is 0.608. The monoisotopic (exact) mass is 120 g/mol. The SMILES string of the molecule is ClCN1C=CON1. The molecule has 1 aliphatic heterocycles. The molecule has 0 saturated heterocycles. The van der Waals surface area contributed by atoms with Crippen molar-refractivity contribution < 1.29 is 4.84 Å². The molecule has 40 valence electrons. The molecule has 0 fully saturated rings. The highest BCUT2D eigenvalue weighted by Crippen LogP contribution is 1.93. The summed E-state index contributed by atoms with van der Waals surface area (Å²) in [5, 5.41) is 1.60. The van der Waals surface area contributed by atoms with E-state index in [1.165, 1.54) is 6.26 Å². The van der Waals surface area contributed by atoms with E-state index < -0.39 is 0 Å². The summed E-state index contributed by atoms with van der Waals surface area (Å²) in [4.78, 5) is 4.56. The van der Waals surface area contributed by atoms with Gasteiger partial charge < -0.3 is 4.84 Å². The molecule has 0 amide bonds. The van der Waals surface area contributed by atoms with Crippen LogP contribution >= 0.6 is 11.6 Å². The smallest absolute Gasteiger partial charge is 0.131 e. The maximum Gasteiger partial charge on any atom is 0.131 e. The van der Waals surface area contributed by atoms with Crippen LogP contribution < -0.4 is 5.59 Å². The summed E-state index contributed by atoms with van der Waals surface area (Å²) in [6, 6.07) is 0.399. The molecule has 4 heteroatoms. The fourth-order valence-corrected chi connectivity index (χ4v) is 0.425. The first-order valence-corrected chi connectivity index (χ1v) is 2.37. The van der Waals surface area contributed by atoms with E-state index in [9.17, 15) is 0 Å². The average Bonchev–Trinajstić information content (AvgIpc) is 2.14. The average molecular weight is 121 g/mol. The molecule has 0 bridgehead atoms. The summed E-state index contributed by atoms with van der Waals surface area (Å²) >= 11 is 5.34. The van der Waals surface area contributed by atoms with Gasteiger partial charge >= 0.3 is 0 Å². The second-order valence-corrected chi connectivity index (χ2v) is 1.32. The van der Waals surface area contributed by atoms with Crippen molar-refractivity contribution in [2.75, 3.05) is 6.00 Å². The van der Waals surface area contributed by atoms with Gasteiger partial charge in [-0.25, -0.2) is 0 Å². The van der Waals surface area contributed by atoms with Gasteiger partial charge in [0.2, 0.25) is 0 Å². The molecule has 0 aromatic carbocycles. The first kappa shape index (κ1) is 4.74. The molecule has 0 atom stereocenters. The van der Waals surface area contributed by atoms with Crippen molar-refractivity contribution in [3.8, 4) is 0 Å². The molecule has 1 heterocycles. The highest BCUT2D eigenvalue weighted by molar-refractivity contribution is 6.17. The molecule has 1 rings (SSSR count). The number of nitrogens with zero attached hydrogens (tertiary/aromatic N) is 1. The van der Waals surface area contributed by atoms with Crippen LogP contribution in [0.4, 0.5) is 0 Å². The van der Waals surface area contributed by atoms with E-state index in [1.807, 2.05) is 0 Å². The lowest BCUT2D eigenvalue weighted by Gasteiger charge is -2.06. The fraction of sp³-hybridized carbons (Fsp3) is 0.333. The molecule has 0 unspecified atom stereocenters. The molecule has 0 aliphatic carbocycles. The van der Waals surface area contributed by atoms with E-state index in [1.54, 1.807) is 11.2 Å². The first-order chi connectivity index (χ1) is 3.43. The molecule has 0 spiro atoms. The lowest BCUT2D eigenvalue weighted by Crippen LogP contribution is -2.25. The summed E-state index contributed by atoms with van der Waals surface area (Å²) in [5.41, 5.74) is 2.50. The number of hydrazine groups is 1. The van der Waals surface area contributed by atoms with Crippen LogP contribution in [0.25, 0.3) is 0 Å². The van der Waals surface area contributed by atoms with E-state index in [-0.39, 0.29) is 0 Å². The maximum absolute atomic E-state index is 5.34. The predicted octanol–water partition coefficient (Wildman–Crippen LogP) is 0.406. The van der Waals surface area contributed by atoms with Crippen molar-refractivity contribution in [1.82, 2.24) is 10.6 Å². The topological polar surface area (TPSA) is 24.5 Å². The van der Waals surface area contributed by atoms with Crippen molar-refractivity contribution in [3.05, 3.63) is 12.5 Å². The van der Waals surface area contributed by atoms with E-state index >= 15 is 0 Å². The zero-order valence-electron chi connectivity index (χ0n) is 3.60. The van der Waals surface area contributed by atoms with Crippen LogP contribution in [0.3, 0.4) is 0 Å². The Balaban J connectivity index is 2.28. The first-order valence-electron chi connectivity index (χ1n) is 1.84. The van der Waals surface area contributed by atoms with Crippen molar-refractivity contribution >= 4 is 11.6 Å². The largest absolute Gasteiger partial charge is 0.395 e. The molecular formula is C3H5ClN2O. The summed E-state index contributed by atoms with van der Waals surface area (Å²) in [5.74, 6) is 0. The third-order valence-corrected chi connectivity index (χ3v) is 0.865. The Morgan fingerprint density at radius 2 is 2.71 bits per heavy atom. The van der Waals surface area contributed by atoms with Gasteiger partial charge in [0.15, 0.2) is 0 Å². The van der Waals surface area contributed by atoms with Gasteiger partial charge in [-0.2, -0.15) is 0 Å². The molecular weight excluding hydrogens is 115 g/mol. The maximum atomic E-state index is 5.34. The van der Waals surface area contributed by atoms with Crippen molar-refractivity contribution in [2.24, 2.45) is 0 Å². The minimum absolute atomic E-state index is 0.399. The number of halogens is 1. The molecule has 7 heavy (non-hydrogen) atoms. The van der Waals surface area contributed by atoms with E-state index in [2.05, 4.69) is 10.4 Å². The normalized spacial score (nSPS) is 17.6. The number of hydrogen-bond acceptors (Lipinski definition) is 3. The van der Waals surface area contributed by atoms with Gasteiger partial charge in [-0.05, 0) is 0 Å². The van der Waals surface area contributed by atoms with Crippen molar-refractivity contribution in [1.29, 1.82) is 0 Å². The van der Waals surface area contributed by atoms with Crippen LogP contribution in [0, 0.1) is 0 Å². The number of nitrogens with one attached hydrogen (secondary N) is 1. The van der Waals surface area contributed by atoms with Gasteiger partial charge in [-0.3, -0.25) is 5.01 Å². The Morgan fingerprint density at radius 3 is 3.00 bits per heavy atom. The Bertz CT molecular complexity index is 85.0. The molecule has 0 saturated carbocycles. The van der Waals surface area contributed by atoms with Gasteiger partial charge in [-0.15, -0.1) is 11.6 Å². The Hall–Kier alpha value is -0.410. The van der Waals surface area contributed by atoms with Crippen LogP contribution in [-0.4, -0.2) is 11.0 Å². The number of hydrogen-bond donors (Lipinski definition) is 1. The Kier molecular flexibility index (Phi) is 1.38. The Morgan fingerprint density at radius 1 is 1.86 bits per heavy atom. The molecule has 1 aliphatic rings. The lowest BCUT2D eigenvalue weighted by atomic mass is 10.9. The van der Waals surface area contributed by atoms with Crippen LogP contribution in [0.2, 0.25) is 0 Å². The molecule has 3 nitrogen and oxygen atoms in total. The van der Waals surface area contributed by atoms with Gasteiger partial charge in [0.1, 0.15) is 12.3 Å². The molecule has 0 radical (unpaired) electrons. The van der Waals surface area contributed by atoms with Crippen LogP contribution in [0.1, 0.15) is 0 Å². The predicted molar refractivity (Wildman–Crippen MR) is 25.9 cm³/mol. The van der Waals surface area contributed by atoms with E-state index in [4.69, 9.17) is 11.6 Å². The summed E-state index contributed by atoms with van der Waals surface area (Å²) < 4.78 is 0. The van der Waals surface area contributed by atoms with Crippen molar-refractivity contribution in [3.63, 3.8) is 0 Å². The molecule has 1 N–H and O–H groups in total. The van der Waals surface area contributed by atoms with Gasteiger partial charge in [0.25, 0.3) is 0 Å². The third kappa shape index (κ3) is 0.976. The van der Waals surface area contributed by atoms with E-state index in [0.717, 1.165) is 0 Å². The zero-order valence-corrected chi connectivity index (χ0v) is 4.35. The number of alkyl halides is 1. The summed E-state index contributed by atoms with van der Waals surface area (Å²) in [7, 11) is 0. The van der Waals surface area contributed by atoms with E-state index in [0.29, 0.717) is 6.00 Å². The van der Waals surface area contributed by atoms with Crippen LogP contribution in [-0.2, 0) is 4.84 Å². The fourth-order valence-electron chi connectivity index (χ4n) is 0.297. The minimum Gasteiger partial charge on any atom is -0.395 e. The summed E-state index contributed by atoms with van der Waals surface area (Å²) in [6.07, 6.45) is 3.22. The second kappa shape index (κ2) is 2.04. The highest BCUT2D eigenvalue weighted by atomic mass is 35.5. The van der Waals surface area contributed by atoms with Crippen LogP contribution in [0.15, 0.2) is 12.5 Å². The van der Waals surface area contributed by atoms with Crippen LogP contribution in [0.5, 0.6) is 0 Å². The Labute approximate surface area is 46.4 Å². The highest BCUT2D eigenvalue weighted by Gasteiger charge is 1.98. The van der Waals surface area contributed by atoms with Gasteiger partial charge in [0.05, 0.1) is 6.20 Å². The zero-order chi connectivity index (χ0) is 5.11. The van der Waals surface area contributed by atoms with Crippen molar-refractivity contribution in [2.45, 2.75) is 0 Å². The molecule has 0 aromatic rings.